The first kappa shape index (κ1) is 20.7. The zero-order valence-corrected chi connectivity index (χ0v) is 17.2. The van der Waals surface area contributed by atoms with Crippen LogP contribution in [-0.2, 0) is 9.47 Å². The van der Waals surface area contributed by atoms with E-state index in [9.17, 15) is 9.59 Å². The van der Waals surface area contributed by atoms with Crippen molar-refractivity contribution in [2.45, 2.75) is 59.7 Å². The van der Waals surface area contributed by atoms with Gasteiger partial charge >= 0.3 is 12.2 Å². The molecular weight excluding hydrogens is 346 g/mol. The van der Waals surface area contributed by atoms with Crippen LogP contribution in [0.5, 0.6) is 0 Å². The first-order valence-electron chi connectivity index (χ1n) is 9.02. The summed E-state index contributed by atoms with van der Waals surface area (Å²) >= 11 is 0. The smallest absolute Gasteiger partial charge is 0.417 e. The number of amides is 2. The fourth-order valence-corrected chi connectivity index (χ4v) is 2.38. The second kappa shape index (κ2) is 7.58. The van der Waals surface area contributed by atoms with Crippen molar-refractivity contribution < 1.29 is 19.1 Å². The standard InChI is InChI=1S/C20H29N3O4/c1-14-8-10-15(11-9-14)21-16-22(17(24)26-19(2,3)4)12-13-23(16)18(25)27-20(5,6)7/h8-11H,12-13H2,1-7H3. The molecule has 0 spiro atoms. The molecule has 1 fully saturated rings. The summed E-state index contributed by atoms with van der Waals surface area (Å²) in [6.07, 6.45) is -1.08. The fourth-order valence-electron chi connectivity index (χ4n) is 2.38. The molecule has 0 unspecified atom stereocenters. The van der Waals surface area contributed by atoms with Crippen molar-refractivity contribution in [2.75, 3.05) is 13.1 Å². The molecule has 27 heavy (non-hydrogen) atoms. The SMILES string of the molecule is Cc1ccc(N=C2N(C(=O)OC(C)(C)C)CCN2C(=O)OC(C)(C)C)cc1. The molecule has 0 atom stereocenters. The number of hydrogen-bond donors (Lipinski definition) is 0. The highest BCUT2D eigenvalue weighted by Crippen LogP contribution is 2.22. The molecular formula is C20H29N3O4. The molecule has 7 nitrogen and oxygen atoms in total. The summed E-state index contributed by atoms with van der Waals surface area (Å²) in [6.45, 7) is 13.3. The van der Waals surface area contributed by atoms with Gasteiger partial charge in [0.15, 0.2) is 0 Å². The van der Waals surface area contributed by atoms with E-state index in [2.05, 4.69) is 4.99 Å². The molecule has 2 amide bonds. The first-order chi connectivity index (χ1) is 12.4. The lowest BCUT2D eigenvalue weighted by atomic mass is 10.2. The predicted molar refractivity (Wildman–Crippen MR) is 104 cm³/mol. The van der Waals surface area contributed by atoms with Crippen molar-refractivity contribution in [1.82, 2.24) is 9.80 Å². The predicted octanol–water partition coefficient (Wildman–Crippen LogP) is 4.47. The average Bonchev–Trinajstić information content (AvgIpc) is 2.90. The maximum absolute atomic E-state index is 12.6. The summed E-state index contributed by atoms with van der Waals surface area (Å²) in [5.74, 6) is 0.211. The maximum atomic E-state index is 12.6. The van der Waals surface area contributed by atoms with Crippen LogP contribution in [0.4, 0.5) is 15.3 Å². The molecule has 0 radical (unpaired) electrons. The summed E-state index contributed by atoms with van der Waals surface area (Å²) in [4.78, 5) is 32.5. The third-order valence-corrected chi connectivity index (χ3v) is 3.52. The molecule has 0 aliphatic carbocycles. The molecule has 148 valence electrons. The van der Waals surface area contributed by atoms with Crippen LogP contribution >= 0.6 is 0 Å². The van der Waals surface area contributed by atoms with Crippen LogP contribution in [0, 0.1) is 6.92 Å². The molecule has 2 rings (SSSR count). The van der Waals surface area contributed by atoms with E-state index in [1.165, 1.54) is 9.80 Å². The van der Waals surface area contributed by atoms with Crippen molar-refractivity contribution >= 4 is 23.8 Å². The Kier molecular flexibility index (Phi) is 5.82. The second-order valence-corrected chi connectivity index (χ2v) is 8.51. The quantitative estimate of drug-likeness (QED) is 0.726. The Morgan fingerprint density at radius 1 is 0.852 bits per heavy atom. The van der Waals surface area contributed by atoms with Gasteiger partial charge in [-0.3, -0.25) is 0 Å². The van der Waals surface area contributed by atoms with Gasteiger partial charge in [-0.25, -0.2) is 24.4 Å². The number of carbonyl (C=O) groups excluding carboxylic acids is 2. The molecule has 0 saturated carbocycles. The van der Waals surface area contributed by atoms with E-state index in [1.54, 1.807) is 41.5 Å². The third kappa shape index (κ3) is 5.98. The molecule has 7 heteroatoms. The average molecular weight is 375 g/mol. The monoisotopic (exact) mass is 375 g/mol. The van der Waals surface area contributed by atoms with Gasteiger partial charge < -0.3 is 9.47 Å². The van der Waals surface area contributed by atoms with Crippen LogP contribution in [0.3, 0.4) is 0 Å². The molecule has 1 aromatic rings. The number of guanidine groups is 1. The van der Waals surface area contributed by atoms with E-state index in [0.29, 0.717) is 18.8 Å². The van der Waals surface area contributed by atoms with Crippen LogP contribution in [0.1, 0.15) is 47.1 Å². The summed E-state index contributed by atoms with van der Waals surface area (Å²) < 4.78 is 10.9. The number of aryl methyl sites for hydroxylation is 1. The minimum atomic E-state index is -0.647. The largest absolute Gasteiger partial charge is 0.443 e. The third-order valence-electron chi connectivity index (χ3n) is 3.52. The van der Waals surface area contributed by atoms with E-state index in [1.807, 2.05) is 31.2 Å². The van der Waals surface area contributed by atoms with Crippen molar-refractivity contribution in [1.29, 1.82) is 0 Å². The molecule has 1 aliphatic heterocycles. The van der Waals surface area contributed by atoms with Gasteiger partial charge in [0.1, 0.15) is 11.2 Å². The Bertz CT molecular complexity index is 689. The fraction of sp³-hybridized carbons (Fsp3) is 0.550. The zero-order chi connectivity index (χ0) is 20.4. The van der Waals surface area contributed by atoms with Crippen molar-refractivity contribution in [2.24, 2.45) is 4.99 Å². The highest BCUT2D eigenvalue weighted by atomic mass is 16.6. The van der Waals surface area contributed by atoms with Crippen LogP contribution in [0.2, 0.25) is 0 Å². The highest BCUT2D eigenvalue weighted by Gasteiger charge is 2.39. The number of carbonyl (C=O) groups is 2. The molecule has 1 aromatic carbocycles. The summed E-state index contributed by atoms with van der Waals surface area (Å²) in [6, 6.07) is 7.51. The first-order valence-corrected chi connectivity index (χ1v) is 9.02. The number of aliphatic imine (C=N–C) groups is 1. The number of hydrogen-bond acceptors (Lipinski definition) is 5. The van der Waals surface area contributed by atoms with Crippen molar-refractivity contribution in [3.05, 3.63) is 29.8 Å². The molecule has 0 aromatic heterocycles. The molecule has 1 aliphatic rings. The van der Waals surface area contributed by atoms with Gasteiger partial charge in [0.2, 0.25) is 5.96 Å². The van der Waals surface area contributed by atoms with Gasteiger partial charge in [0.05, 0.1) is 18.8 Å². The van der Waals surface area contributed by atoms with E-state index in [0.717, 1.165) is 5.56 Å². The van der Waals surface area contributed by atoms with Crippen LogP contribution in [0.15, 0.2) is 29.3 Å². The van der Waals surface area contributed by atoms with Crippen molar-refractivity contribution in [3.8, 4) is 0 Å². The Balaban J connectivity index is 2.36. The van der Waals surface area contributed by atoms with Crippen molar-refractivity contribution in [3.63, 3.8) is 0 Å². The Morgan fingerprint density at radius 3 is 1.63 bits per heavy atom. The Hall–Kier alpha value is -2.57. The second-order valence-electron chi connectivity index (χ2n) is 8.51. The van der Waals surface area contributed by atoms with Crippen LogP contribution in [0.25, 0.3) is 0 Å². The van der Waals surface area contributed by atoms with Gasteiger partial charge in [0, 0.05) is 0 Å². The number of rotatable bonds is 1. The van der Waals surface area contributed by atoms with Crippen LogP contribution < -0.4 is 0 Å². The summed E-state index contributed by atoms with van der Waals surface area (Å²) in [7, 11) is 0. The lowest BCUT2D eigenvalue weighted by Crippen LogP contribution is -2.44. The molecule has 1 saturated heterocycles. The van der Waals surface area contributed by atoms with E-state index in [-0.39, 0.29) is 5.96 Å². The van der Waals surface area contributed by atoms with Gasteiger partial charge in [-0.15, -0.1) is 0 Å². The molecule has 0 bridgehead atoms. The number of ether oxygens (including phenoxy) is 2. The van der Waals surface area contributed by atoms with Crippen LogP contribution in [-0.4, -0.2) is 52.2 Å². The molecule has 1 heterocycles. The minimum absolute atomic E-state index is 0.211. The number of nitrogens with zero attached hydrogens (tertiary/aromatic N) is 3. The van der Waals surface area contributed by atoms with E-state index >= 15 is 0 Å². The van der Waals surface area contributed by atoms with Gasteiger partial charge in [-0.2, -0.15) is 0 Å². The topological polar surface area (TPSA) is 71.4 Å². The lowest BCUT2D eigenvalue weighted by molar-refractivity contribution is 0.0375. The lowest BCUT2D eigenvalue weighted by Gasteiger charge is -2.27. The normalized spacial score (nSPS) is 15.0. The Labute approximate surface area is 160 Å². The summed E-state index contributed by atoms with van der Waals surface area (Å²) in [5, 5.41) is 0. The van der Waals surface area contributed by atoms with Gasteiger partial charge in [-0.05, 0) is 60.6 Å². The minimum Gasteiger partial charge on any atom is -0.443 e. The molecule has 0 N–H and O–H groups in total. The van der Waals surface area contributed by atoms with E-state index < -0.39 is 23.4 Å². The zero-order valence-electron chi connectivity index (χ0n) is 17.2. The maximum Gasteiger partial charge on any atom is 0.417 e. The van der Waals surface area contributed by atoms with Gasteiger partial charge in [0.25, 0.3) is 0 Å². The Morgan fingerprint density at radius 2 is 1.26 bits per heavy atom. The number of benzene rings is 1. The summed E-state index contributed by atoms with van der Waals surface area (Å²) in [5.41, 5.74) is 0.439. The van der Waals surface area contributed by atoms with E-state index in [4.69, 9.17) is 9.47 Å². The van der Waals surface area contributed by atoms with Gasteiger partial charge in [-0.1, -0.05) is 17.7 Å². The highest BCUT2D eigenvalue weighted by molar-refractivity contribution is 6.04.